The molecule has 1 aromatic heterocycles. The summed E-state index contributed by atoms with van der Waals surface area (Å²) in [4.78, 5) is 17.4. The minimum atomic E-state index is -0.999. The third-order valence-electron chi connectivity index (χ3n) is 1.91. The lowest BCUT2D eigenvalue weighted by atomic mass is 10.1. The summed E-state index contributed by atoms with van der Waals surface area (Å²) in [6.45, 7) is 5.98. The van der Waals surface area contributed by atoms with Crippen molar-refractivity contribution in [1.82, 2.24) is 9.97 Å². The molecular formula is C9H14N2O2. The summed E-state index contributed by atoms with van der Waals surface area (Å²) < 4.78 is 0. The lowest BCUT2D eigenvalue weighted by Crippen LogP contribution is -1.99. The van der Waals surface area contributed by atoms with Crippen LogP contribution in [0.1, 0.15) is 48.7 Å². The van der Waals surface area contributed by atoms with Gasteiger partial charge in [0.1, 0.15) is 0 Å². The number of aromatic nitrogens is 2. The second kappa shape index (κ2) is 3.60. The van der Waals surface area contributed by atoms with Crippen molar-refractivity contribution in [2.45, 2.75) is 33.1 Å². The van der Waals surface area contributed by atoms with Gasteiger partial charge in [-0.2, -0.15) is 0 Å². The second-order valence-electron chi connectivity index (χ2n) is 3.26. The number of hydrogen-bond acceptors (Lipinski definition) is 2. The van der Waals surface area contributed by atoms with Crippen LogP contribution in [0, 0.1) is 0 Å². The number of imidazole rings is 1. The monoisotopic (exact) mass is 182 g/mol. The molecule has 1 heterocycles. The Morgan fingerprint density at radius 2 is 2.23 bits per heavy atom. The minimum Gasteiger partial charge on any atom is -0.475 e. The molecule has 1 rings (SSSR count). The summed E-state index contributed by atoms with van der Waals surface area (Å²) >= 11 is 0. The first-order chi connectivity index (χ1) is 6.06. The normalized spacial score (nSPS) is 10.8. The van der Waals surface area contributed by atoms with Crippen molar-refractivity contribution < 1.29 is 9.90 Å². The molecule has 0 fully saturated rings. The summed E-state index contributed by atoms with van der Waals surface area (Å²) in [5.41, 5.74) is 1.78. The number of H-pyrrole nitrogens is 1. The van der Waals surface area contributed by atoms with Gasteiger partial charge in [-0.15, -0.1) is 0 Å². The van der Waals surface area contributed by atoms with Crippen LogP contribution in [0.2, 0.25) is 0 Å². The van der Waals surface area contributed by atoms with E-state index in [-0.39, 0.29) is 11.7 Å². The molecule has 0 atom stereocenters. The van der Waals surface area contributed by atoms with Gasteiger partial charge in [-0.1, -0.05) is 20.8 Å². The van der Waals surface area contributed by atoms with E-state index in [1.165, 1.54) is 0 Å². The predicted molar refractivity (Wildman–Crippen MR) is 49.0 cm³/mol. The average molecular weight is 182 g/mol. The van der Waals surface area contributed by atoms with Crippen LogP contribution in [0.3, 0.4) is 0 Å². The third kappa shape index (κ3) is 1.88. The van der Waals surface area contributed by atoms with Gasteiger partial charge in [0.2, 0.25) is 5.82 Å². The molecule has 0 aromatic carbocycles. The number of carbonyl (C=O) groups is 1. The molecule has 0 aliphatic rings. The zero-order chi connectivity index (χ0) is 10.0. The summed E-state index contributed by atoms with van der Waals surface area (Å²) in [5, 5.41) is 8.71. The van der Waals surface area contributed by atoms with E-state index in [9.17, 15) is 4.79 Å². The lowest BCUT2D eigenvalue weighted by Gasteiger charge is -2.01. The Labute approximate surface area is 77.0 Å². The predicted octanol–water partition coefficient (Wildman–Crippen LogP) is 1.79. The fourth-order valence-corrected chi connectivity index (χ4v) is 1.27. The standard InChI is InChI=1S/C9H14N2O2/c1-4-6-7(5(2)3)11-8(10-6)9(12)13/h5H,4H2,1-3H3,(H,10,11)(H,12,13). The van der Waals surface area contributed by atoms with Crippen molar-refractivity contribution in [3.63, 3.8) is 0 Å². The number of aryl methyl sites for hydroxylation is 1. The maximum Gasteiger partial charge on any atom is 0.371 e. The van der Waals surface area contributed by atoms with Crippen molar-refractivity contribution in [2.24, 2.45) is 0 Å². The van der Waals surface area contributed by atoms with E-state index >= 15 is 0 Å². The lowest BCUT2D eigenvalue weighted by molar-refractivity contribution is 0.0684. The zero-order valence-electron chi connectivity index (χ0n) is 8.09. The number of hydrogen-bond donors (Lipinski definition) is 2. The maximum atomic E-state index is 10.6. The summed E-state index contributed by atoms with van der Waals surface area (Å²) in [6, 6.07) is 0. The fourth-order valence-electron chi connectivity index (χ4n) is 1.27. The van der Waals surface area contributed by atoms with Gasteiger partial charge >= 0.3 is 5.97 Å². The van der Waals surface area contributed by atoms with E-state index in [1.54, 1.807) is 0 Å². The molecule has 72 valence electrons. The smallest absolute Gasteiger partial charge is 0.371 e. The molecule has 1 aromatic rings. The SMILES string of the molecule is CCc1[nH]c(C(=O)O)nc1C(C)C. The van der Waals surface area contributed by atoms with Crippen LogP contribution in [0.25, 0.3) is 0 Å². The molecule has 0 aliphatic carbocycles. The first-order valence-electron chi connectivity index (χ1n) is 4.38. The Balaban J connectivity index is 3.11. The van der Waals surface area contributed by atoms with Crippen LogP contribution in [0.5, 0.6) is 0 Å². The Morgan fingerprint density at radius 3 is 2.54 bits per heavy atom. The van der Waals surface area contributed by atoms with Gasteiger partial charge in [0.15, 0.2) is 0 Å². The van der Waals surface area contributed by atoms with E-state index in [4.69, 9.17) is 5.11 Å². The second-order valence-corrected chi connectivity index (χ2v) is 3.26. The number of aromatic amines is 1. The Bertz CT molecular complexity index is 315. The third-order valence-corrected chi connectivity index (χ3v) is 1.91. The van der Waals surface area contributed by atoms with Crippen LogP contribution in [0.4, 0.5) is 0 Å². The highest BCUT2D eigenvalue weighted by molar-refractivity contribution is 5.83. The summed E-state index contributed by atoms with van der Waals surface area (Å²) in [5.74, 6) is -0.693. The molecule has 0 unspecified atom stereocenters. The molecule has 0 saturated carbocycles. The Morgan fingerprint density at radius 1 is 1.62 bits per heavy atom. The van der Waals surface area contributed by atoms with Gasteiger partial charge in [-0.05, 0) is 12.3 Å². The molecular weight excluding hydrogens is 168 g/mol. The quantitative estimate of drug-likeness (QED) is 0.749. The molecule has 0 bridgehead atoms. The number of nitrogens with zero attached hydrogens (tertiary/aromatic N) is 1. The van der Waals surface area contributed by atoms with E-state index in [1.807, 2.05) is 20.8 Å². The van der Waals surface area contributed by atoms with Crippen LogP contribution >= 0.6 is 0 Å². The van der Waals surface area contributed by atoms with Gasteiger partial charge < -0.3 is 10.1 Å². The number of carboxylic acid groups (broad SMARTS) is 1. The van der Waals surface area contributed by atoms with E-state index in [0.717, 1.165) is 17.8 Å². The van der Waals surface area contributed by atoms with Gasteiger partial charge in [0, 0.05) is 5.69 Å². The van der Waals surface area contributed by atoms with Gasteiger partial charge in [0.05, 0.1) is 5.69 Å². The molecule has 13 heavy (non-hydrogen) atoms. The number of rotatable bonds is 3. The van der Waals surface area contributed by atoms with Gasteiger partial charge in [-0.3, -0.25) is 0 Å². The van der Waals surface area contributed by atoms with E-state index in [2.05, 4.69) is 9.97 Å². The largest absolute Gasteiger partial charge is 0.475 e. The number of nitrogens with one attached hydrogen (secondary N) is 1. The molecule has 0 spiro atoms. The Hall–Kier alpha value is -1.32. The molecule has 0 aliphatic heterocycles. The fraction of sp³-hybridized carbons (Fsp3) is 0.556. The van der Waals surface area contributed by atoms with Crippen molar-refractivity contribution >= 4 is 5.97 Å². The highest BCUT2D eigenvalue weighted by Gasteiger charge is 2.15. The maximum absolute atomic E-state index is 10.6. The van der Waals surface area contributed by atoms with Crippen molar-refractivity contribution in [3.05, 3.63) is 17.2 Å². The molecule has 0 saturated heterocycles. The number of aromatic carboxylic acids is 1. The van der Waals surface area contributed by atoms with Crippen LogP contribution in [-0.4, -0.2) is 21.0 Å². The molecule has 0 radical (unpaired) electrons. The summed E-state index contributed by atoms with van der Waals surface area (Å²) in [6.07, 6.45) is 0.786. The Kier molecular flexibility index (Phi) is 2.70. The van der Waals surface area contributed by atoms with E-state index < -0.39 is 5.97 Å². The minimum absolute atomic E-state index is 0.0422. The highest BCUT2D eigenvalue weighted by Crippen LogP contribution is 2.17. The van der Waals surface area contributed by atoms with Gasteiger partial charge in [0.25, 0.3) is 0 Å². The average Bonchev–Trinajstić information content (AvgIpc) is 2.47. The molecule has 2 N–H and O–H groups in total. The van der Waals surface area contributed by atoms with Crippen molar-refractivity contribution in [1.29, 1.82) is 0 Å². The van der Waals surface area contributed by atoms with Crippen molar-refractivity contribution in [3.8, 4) is 0 Å². The first kappa shape index (κ1) is 9.77. The molecule has 4 nitrogen and oxygen atoms in total. The van der Waals surface area contributed by atoms with E-state index in [0.29, 0.717) is 0 Å². The zero-order valence-corrected chi connectivity index (χ0v) is 8.09. The van der Waals surface area contributed by atoms with Gasteiger partial charge in [-0.25, -0.2) is 9.78 Å². The highest BCUT2D eigenvalue weighted by atomic mass is 16.4. The first-order valence-corrected chi connectivity index (χ1v) is 4.38. The van der Waals surface area contributed by atoms with Crippen molar-refractivity contribution in [2.75, 3.05) is 0 Å². The molecule has 0 amide bonds. The molecule has 4 heteroatoms. The van der Waals surface area contributed by atoms with Crippen LogP contribution in [-0.2, 0) is 6.42 Å². The topological polar surface area (TPSA) is 66.0 Å². The van der Waals surface area contributed by atoms with Crippen LogP contribution < -0.4 is 0 Å². The van der Waals surface area contributed by atoms with Crippen LogP contribution in [0.15, 0.2) is 0 Å². The summed E-state index contributed by atoms with van der Waals surface area (Å²) in [7, 11) is 0. The number of carboxylic acids is 1.